The van der Waals surface area contributed by atoms with Gasteiger partial charge in [0, 0.05) is 31.1 Å². The molecule has 0 bridgehead atoms. The summed E-state index contributed by atoms with van der Waals surface area (Å²) in [5.74, 6) is -1.62. The molecule has 0 aliphatic carbocycles. The summed E-state index contributed by atoms with van der Waals surface area (Å²) < 4.78 is 14.2. The first-order valence-corrected chi connectivity index (χ1v) is 11.4. The third-order valence-electron chi connectivity index (χ3n) is 5.14. The van der Waals surface area contributed by atoms with Gasteiger partial charge in [0.2, 0.25) is 17.7 Å². The van der Waals surface area contributed by atoms with Gasteiger partial charge in [-0.3, -0.25) is 19.3 Å². The van der Waals surface area contributed by atoms with Gasteiger partial charge in [-0.15, -0.1) is 11.3 Å². The molecule has 7 nitrogen and oxygen atoms in total. The molecule has 0 aliphatic rings. The molecule has 176 valence electrons. The fourth-order valence-corrected chi connectivity index (χ4v) is 4.00. The standard InChI is InChI=1S/C25H25FN4O3S/c1-16-8-7-10-21(17(16)2)28-23(32)14-29(4)24(33)13-12-19-15-34-25(27-19)30(18(3)31)22-11-6-5-9-20(22)26/h5-13,15H,14H2,1-4H3,(H,28,32)/b13-12+. The molecular weight excluding hydrogens is 455 g/mol. The van der Waals surface area contributed by atoms with Crippen molar-refractivity contribution in [1.29, 1.82) is 0 Å². The number of anilines is 3. The molecule has 1 heterocycles. The zero-order chi connectivity index (χ0) is 24.8. The SMILES string of the molecule is CC(=O)N(c1nc(/C=C/C(=O)N(C)CC(=O)Nc2cccc(C)c2C)cs1)c1ccccc1F. The number of rotatable bonds is 7. The van der Waals surface area contributed by atoms with Crippen LogP contribution < -0.4 is 10.2 Å². The number of halogens is 1. The molecule has 0 radical (unpaired) electrons. The van der Waals surface area contributed by atoms with Crippen molar-refractivity contribution in [2.24, 2.45) is 0 Å². The van der Waals surface area contributed by atoms with E-state index in [-0.39, 0.29) is 35.1 Å². The Bertz CT molecular complexity index is 1250. The highest BCUT2D eigenvalue weighted by atomic mass is 32.1. The first kappa shape index (κ1) is 24.8. The second-order valence-electron chi connectivity index (χ2n) is 7.68. The second kappa shape index (κ2) is 10.8. The molecule has 3 aromatic rings. The highest BCUT2D eigenvalue weighted by Gasteiger charge is 2.20. The molecule has 0 atom stereocenters. The van der Waals surface area contributed by atoms with Crippen LogP contribution in [0.2, 0.25) is 0 Å². The Labute approximate surface area is 201 Å². The zero-order valence-electron chi connectivity index (χ0n) is 19.3. The number of carbonyl (C=O) groups excluding carboxylic acids is 3. The van der Waals surface area contributed by atoms with E-state index in [4.69, 9.17) is 0 Å². The van der Waals surface area contributed by atoms with Gasteiger partial charge in [0.1, 0.15) is 5.82 Å². The van der Waals surface area contributed by atoms with E-state index in [0.717, 1.165) is 22.5 Å². The third kappa shape index (κ3) is 5.93. The summed E-state index contributed by atoms with van der Waals surface area (Å²) in [5, 5.41) is 4.76. The van der Waals surface area contributed by atoms with E-state index < -0.39 is 5.82 Å². The third-order valence-corrected chi connectivity index (χ3v) is 5.99. The van der Waals surface area contributed by atoms with Crippen LogP contribution in [-0.4, -0.2) is 41.2 Å². The summed E-state index contributed by atoms with van der Waals surface area (Å²) in [6.45, 7) is 5.08. The van der Waals surface area contributed by atoms with E-state index in [1.807, 2.05) is 32.0 Å². The van der Waals surface area contributed by atoms with Gasteiger partial charge in [-0.2, -0.15) is 0 Å². The van der Waals surface area contributed by atoms with Crippen molar-refractivity contribution in [2.75, 3.05) is 23.8 Å². The molecule has 0 fully saturated rings. The lowest BCUT2D eigenvalue weighted by atomic mass is 10.1. The zero-order valence-corrected chi connectivity index (χ0v) is 20.1. The number of thiazole rings is 1. The van der Waals surface area contributed by atoms with Crippen LogP contribution in [0.25, 0.3) is 6.08 Å². The number of carbonyl (C=O) groups is 3. The van der Waals surface area contributed by atoms with Gasteiger partial charge in [-0.1, -0.05) is 24.3 Å². The van der Waals surface area contributed by atoms with Gasteiger partial charge in [-0.05, 0) is 49.2 Å². The number of para-hydroxylation sites is 1. The Morgan fingerprint density at radius 2 is 1.85 bits per heavy atom. The van der Waals surface area contributed by atoms with Gasteiger partial charge in [0.15, 0.2) is 5.13 Å². The number of aryl methyl sites for hydroxylation is 1. The van der Waals surface area contributed by atoms with Gasteiger partial charge in [0.25, 0.3) is 0 Å². The largest absolute Gasteiger partial charge is 0.333 e. The van der Waals surface area contributed by atoms with Crippen LogP contribution in [0, 0.1) is 19.7 Å². The number of amides is 3. The number of likely N-dealkylation sites (N-methyl/N-ethyl adjacent to an activating group) is 1. The molecule has 0 unspecified atom stereocenters. The summed E-state index contributed by atoms with van der Waals surface area (Å²) >= 11 is 1.15. The highest BCUT2D eigenvalue weighted by Crippen LogP contribution is 2.31. The molecule has 2 aromatic carbocycles. The van der Waals surface area contributed by atoms with Crippen molar-refractivity contribution in [3.05, 3.63) is 76.6 Å². The lowest BCUT2D eigenvalue weighted by molar-refractivity contribution is -0.129. The molecule has 1 N–H and O–H groups in total. The average Bonchev–Trinajstić information content (AvgIpc) is 3.24. The maximum absolute atomic E-state index is 14.2. The van der Waals surface area contributed by atoms with E-state index in [9.17, 15) is 18.8 Å². The summed E-state index contributed by atoms with van der Waals surface area (Å²) in [6, 6.07) is 11.6. The van der Waals surface area contributed by atoms with Gasteiger partial charge in [-0.25, -0.2) is 9.37 Å². The Morgan fingerprint density at radius 3 is 2.56 bits per heavy atom. The van der Waals surface area contributed by atoms with Crippen molar-refractivity contribution in [2.45, 2.75) is 20.8 Å². The van der Waals surface area contributed by atoms with Crippen molar-refractivity contribution in [3.63, 3.8) is 0 Å². The van der Waals surface area contributed by atoms with Gasteiger partial charge in [0.05, 0.1) is 17.9 Å². The Kier molecular flexibility index (Phi) is 7.91. The lowest BCUT2D eigenvalue weighted by Crippen LogP contribution is -2.34. The van der Waals surface area contributed by atoms with E-state index in [0.29, 0.717) is 11.4 Å². The van der Waals surface area contributed by atoms with Gasteiger partial charge >= 0.3 is 0 Å². The summed E-state index contributed by atoms with van der Waals surface area (Å²) in [5.41, 5.74) is 3.28. The number of hydrogen-bond acceptors (Lipinski definition) is 5. The Morgan fingerprint density at radius 1 is 1.12 bits per heavy atom. The quantitative estimate of drug-likeness (QED) is 0.497. The monoisotopic (exact) mass is 480 g/mol. The van der Waals surface area contributed by atoms with Crippen molar-refractivity contribution in [1.82, 2.24) is 9.88 Å². The highest BCUT2D eigenvalue weighted by molar-refractivity contribution is 7.14. The second-order valence-corrected chi connectivity index (χ2v) is 8.52. The minimum atomic E-state index is -0.541. The minimum Gasteiger partial charge on any atom is -0.333 e. The van der Waals surface area contributed by atoms with Crippen molar-refractivity contribution >= 4 is 51.6 Å². The number of nitrogens with one attached hydrogen (secondary N) is 1. The Balaban J connectivity index is 1.64. The fraction of sp³-hybridized carbons (Fsp3) is 0.200. The molecule has 9 heteroatoms. The van der Waals surface area contributed by atoms with Crippen molar-refractivity contribution < 1.29 is 18.8 Å². The van der Waals surface area contributed by atoms with Crippen LogP contribution in [-0.2, 0) is 14.4 Å². The summed E-state index contributed by atoms with van der Waals surface area (Å²) in [6.07, 6.45) is 2.78. The lowest BCUT2D eigenvalue weighted by Gasteiger charge is -2.18. The predicted molar refractivity (Wildman–Crippen MR) is 133 cm³/mol. The molecule has 3 rings (SSSR count). The van der Waals surface area contributed by atoms with Crippen LogP contribution in [0.5, 0.6) is 0 Å². The average molecular weight is 481 g/mol. The summed E-state index contributed by atoms with van der Waals surface area (Å²) in [4.78, 5) is 43.8. The molecule has 0 saturated heterocycles. The van der Waals surface area contributed by atoms with E-state index in [1.54, 1.807) is 11.4 Å². The number of aromatic nitrogens is 1. The first-order valence-electron chi connectivity index (χ1n) is 10.5. The first-order chi connectivity index (χ1) is 16.2. The van der Waals surface area contributed by atoms with E-state index in [2.05, 4.69) is 10.3 Å². The normalized spacial score (nSPS) is 10.9. The molecule has 0 saturated carbocycles. The van der Waals surface area contributed by atoms with Gasteiger partial charge < -0.3 is 10.2 Å². The number of hydrogen-bond donors (Lipinski definition) is 1. The number of benzene rings is 2. The molecule has 34 heavy (non-hydrogen) atoms. The fourth-order valence-electron chi connectivity index (χ4n) is 3.15. The summed E-state index contributed by atoms with van der Waals surface area (Å²) in [7, 11) is 1.53. The van der Waals surface area contributed by atoms with E-state index in [1.165, 1.54) is 54.1 Å². The van der Waals surface area contributed by atoms with Crippen LogP contribution in [0.4, 0.5) is 20.9 Å². The minimum absolute atomic E-state index is 0.102. The van der Waals surface area contributed by atoms with Crippen molar-refractivity contribution in [3.8, 4) is 0 Å². The van der Waals surface area contributed by atoms with Crippen LogP contribution in [0.15, 0.2) is 53.9 Å². The Hall–Kier alpha value is -3.85. The molecule has 1 aromatic heterocycles. The molecule has 0 spiro atoms. The van der Waals surface area contributed by atoms with Crippen LogP contribution in [0.3, 0.4) is 0 Å². The van der Waals surface area contributed by atoms with E-state index >= 15 is 0 Å². The topological polar surface area (TPSA) is 82.6 Å². The molecule has 0 aliphatic heterocycles. The number of nitrogens with zero attached hydrogens (tertiary/aromatic N) is 3. The smallest absolute Gasteiger partial charge is 0.246 e. The molecule has 3 amide bonds. The predicted octanol–water partition coefficient (Wildman–Crippen LogP) is 4.69. The van der Waals surface area contributed by atoms with Crippen LogP contribution in [0.1, 0.15) is 23.7 Å². The maximum atomic E-state index is 14.2. The van der Waals surface area contributed by atoms with Crippen LogP contribution >= 0.6 is 11.3 Å². The molecular formula is C25H25FN4O3S. The maximum Gasteiger partial charge on any atom is 0.246 e.